The quantitative estimate of drug-likeness (QED) is 0.844. The van der Waals surface area contributed by atoms with Crippen LogP contribution in [-0.2, 0) is 0 Å². The van der Waals surface area contributed by atoms with Crippen LogP contribution in [0.25, 0.3) is 0 Å². The first-order valence-corrected chi connectivity index (χ1v) is 9.11. The number of nitrogens with one attached hydrogen (secondary N) is 1. The minimum absolute atomic E-state index is 0.355. The molecule has 21 heavy (non-hydrogen) atoms. The van der Waals surface area contributed by atoms with E-state index in [-0.39, 0.29) is 0 Å². The predicted octanol–water partition coefficient (Wildman–Crippen LogP) is 2.57. The SMILES string of the molecule is CC(C)C1CNC(C(C)(C)C)CN1C1CCN2CCCC12. The van der Waals surface area contributed by atoms with Crippen LogP contribution >= 0.6 is 0 Å². The Labute approximate surface area is 131 Å². The largest absolute Gasteiger partial charge is 0.311 e. The maximum absolute atomic E-state index is 3.85. The van der Waals surface area contributed by atoms with Crippen LogP contribution in [0.2, 0.25) is 0 Å². The van der Waals surface area contributed by atoms with Crippen molar-refractivity contribution in [3.63, 3.8) is 0 Å². The van der Waals surface area contributed by atoms with Crippen LogP contribution in [0.1, 0.15) is 53.9 Å². The van der Waals surface area contributed by atoms with E-state index >= 15 is 0 Å². The van der Waals surface area contributed by atoms with Crippen LogP contribution in [0.4, 0.5) is 0 Å². The second-order valence-electron chi connectivity index (χ2n) is 8.94. The van der Waals surface area contributed by atoms with Crippen molar-refractivity contribution in [3.05, 3.63) is 0 Å². The van der Waals surface area contributed by atoms with Crippen LogP contribution < -0.4 is 5.32 Å². The number of rotatable bonds is 2. The molecule has 122 valence electrons. The van der Waals surface area contributed by atoms with Gasteiger partial charge in [-0.25, -0.2) is 0 Å². The normalized spacial score (nSPS) is 39.1. The Bertz CT molecular complexity index is 360. The molecule has 3 heterocycles. The van der Waals surface area contributed by atoms with Crippen LogP contribution in [-0.4, -0.2) is 60.1 Å². The number of hydrogen-bond acceptors (Lipinski definition) is 3. The third kappa shape index (κ3) is 3.02. The Morgan fingerprint density at radius 1 is 1.05 bits per heavy atom. The molecular weight excluding hydrogens is 258 g/mol. The van der Waals surface area contributed by atoms with Gasteiger partial charge in [-0.15, -0.1) is 0 Å². The highest BCUT2D eigenvalue weighted by atomic mass is 15.3. The van der Waals surface area contributed by atoms with Gasteiger partial charge in [0.1, 0.15) is 0 Å². The zero-order valence-corrected chi connectivity index (χ0v) is 14.7. The lowest BCUT2D eigenvalue weighted by Gasteiger charge is -2.50. The minimum atomic E-state index is 0.355. The van der Waals surface area contributed by atoms with E-state index < -0.39 is 0 Å². The average molecular weight is 293 g/mol. The van der Waals surface area contributed by atoms with Crippen LogP contribution in [0.3, 0.4) is 0 Å². The van der Waals surface area contributed by atoms with Gasteiger partial charge < -0.3 is 5.32 Å². The number of fused-ring (bicyclic) bond motifs is 1. The Hall–Kier alpha value is -0.120. The molecule has 0 aromatic heterocycles. The van der Waals surface area contributed by atoms with E-state index in [4.69, 9.17) is 0 Å². The van der Waals surface area contributed by atoms with Crippen molar-refractivity contribution in [3.8, 4) is 0 Å². The van der Waals surface area contributed by atoms with E-state index in [2.05, 4.69) is 49.7 Å². The smallest absolute Gasteiger partial charge is 0.0268 e. The second kappa shape index (κ2) is 5.82. The standard InChI is InChI=1S/C18H35N3/c1-13(2)16-11-19-17(18(3,4)5)12-21(16)15-8-10-20-9-6-7-14(15)20/h13-17,19H,6-12H2,1-5H3. The van der Waals surface area contributed by atoms with E-state index in [1.165, 1.54) is 45.4 Å². The first-order valence-electron chi connectivity index (χ1n) is 9.11. The van der Waals surface area contributed by atoms with Gasteiger partial charge in [0.25, 0.3) is 0 Å². The highest BCUT2D eigenvalue weighted by molar-refractivity contribution is 5.03. The van der Waals surface area contributed by atoms with Crippen molar-refractivity contribution in [1.29, 1.82) is 0 Å². The molecule has 3 fully saturated rings. The van der Waals surface area contributed by atoms with Gasteiger partial charge in [0, 0.05) is 43.8 Å². The molecule has 0 aromatic carbocycles. The van der Waals surface area contributed by atoms with E-state index in [0.29, 0.717) is 17.5 Å². The molecular formula is C18H35N3. The van der Waals surface area contributed by atoms with Crippen LogP contribution in [0.5, 0.6) is 0 Å². The van der Waals surface area contributed by atoms with E-state index in [0.717, 1.165) is 18.0 Å². The molecule has 0 saturated carbocycles. The van der Waals surface area contributed by atoms with Gasteiger partial charge >= 0.3 is 0 Å². The first-order chi connectivity index (χ1) is 9.88. The van der Waals surface area contributed by atoms with Gasteiger partial charge in [-0.05, 0) is 37.1 Å². The monoisotopic (exact) mass is 293 g/mol. The fourth-order valence-electron chi connectivity index (χ4n) is 4.81. The zero-order chi connectivity index (χ0) is 15.2. The molecule has 0 amide bonds. The summed E-state index contributed by atoms with van der Waals surface area (Å²) >= 11 is 0. The summed E-state index contributed by atoms with van der Waals surface area (Å²) in [5, 5.41) is 3.85. The summed E-state index contributed by atoms with van der Waals surface area (Å²) in [6.07, 6.45) is 4.24. The van der Waals surface area contributed by atoms with Crippen LogP contribution in [0, 0.1) is 11.3 Å². The summed E-state index contributed by atoms with van der Waals surface area (Å²) in [5.41, 5.74) is 0.355. The molecule has 0 aliphatic carbocycles. The molecule has 3 aliphatic heterocycles. The van der Waals surface area contributed by atoms with Crippen molar-refractivity contribution < 1.29 is 0 Å². The third-order valence-corrected chi connectivity index (χ3v) is 6.20. The highest BCUT2D eigenvalue weighted by Gasteiger charge is 2.45. The van der Waals surface area contributed by atoms with E-state index in [9.17, 15) is 0 Å². The molecule has 3 heteroatoms. The van der Waals surface area contributed by atoms with Crippen molar-refractivity contribution in [1.82, 2.24) is 15.1 Å². The summed E-state index contributed by atoms with van der Waals surface area (Å²) < 4.78 is 0. The Kier molecular flexibility index (Phi) is 4.37. The summed E-state index contributed by atoms with van der Waals surface area (Å²) in [6, 6.07) is 3.01. The molecule has 0 bridgehead atoms. The fraction of sp³-hybridized carbons (Fsp3) is 1.00. The number of piperazine rings is 1. The summed E-state index contributed by atoms with van der Waals surface area (Å²) in [7, 11) is 0. The minimum Gasteiger partial charge on any atom is -0.311 e. The first kappa shape index (κ1) is 15.8. The van der Waals surface area contributed by atoms with Gasteiger partial charge in [-0.1, -0.05) is 34.6 Å². The van der Waals surface area contributed by atoms with Gasteiger partial charge in [-0.3, -0.25) is 9.80 Å². The maximum Gasteiger partial charge on any atom is 0.0268 e. The molecule has 4 atom stereocenters. The van der Waals surface area contributed by atoms with E-state index in [1.807, 2.05) is 0 Å². The summed E-state index contributed by atoms with van der Waals surface area (Å²) in [5.74, 6) is 0.744. The molecule has 0 aromatic rings. The van der Waals surface area contributed by atoms with Crippen molar-refractivity contribution in [2.24, 2.45) is 11.3 Å². The van der Waals surface area contributed by atoms with Gasteiger partial charge in [-0.2, -0.15) is 0 Å². The Morgan fingerprint density at radius 2 is 1.81 bits per heavy atom. The maximum atomic E-state index is 3.85. The second-order valence-corrected chi connectivity index (χ2v) is 8.94. The van der Waals surface area contributed by atoms with Gasteiger partial charge in [0.2, 0.25) is 0 Å². The lowest BCUT2D eigenvalue weighted by Crippen LogP contribution is -2.65. The molecule has 3 aliphatic rings. The number of nitrogens with zero attached hydrogens (tertiary/aromatic N) is 2. The molecule has 3 nitrogen and oxygen atoms in total. The lowest BCUT2D eigenvalue weighted by atomic mass is 9.82. The summed E-state index contributed by atoms with van der Waals surface area (Å²) in [6.45, 7) is 17.0. The molecule has 3 rings (SSSR count). The molecule has 0 spiro atoms. The van der Waals surface area contributed by atoms with Gasteiger partial charge in [0.05, 0.1) is 0 Å². The van der Waals surface area contributed by atoms with Gasteiger partial charge in [0.15, 0.2) is 0 Å². The third-order valence-electron chi connectivity index (χ3n) is 6.20. The molecule has 1 N–H and O–H groups in total. The van der Waals surface area contributed by atoms with Crippen LogP contribution in [0.15, 0.2) is 0 Å². The topological polar surface area (TPSA) is 18.5 Å². The van der Waals surface area contributed by atoms with Crippen molar-refractivity contribution >= 4 is 0 Å². The van der Waals surface area contributed by atoms with Crippen molar-refractivity contribution in [2.45, 2.75) is 78.0 Å². The molecule has 3 saturated heterocycles. The Morgan fingerprint density at radius 3 is 2.48 bits per heavy atom. The average Bonchev–Trinajstić information content (AvgIpc) is 2.99. The number of hydrogen-bond donors (Lipinski definition) is 1. The zero-order valence-electron chi connectivity index (χ0n) is 14.7. The van der Waals surface area contributed by atoms with E-state index in [1.54, 1.807) is 0 Å². The summed E-state index contributed by atoms with van der Waals surface area (Å²) in [4.78, 5) is 5.67. The molecule has 0 radical (unpaired) electrons. The molecule has 4 unspecified atom stereocenters. The van der Waals surface area contributed by atoms with Crippen molar-refractivity contribution in [2.75, 3.05) is 26.2 Å². The fourth-order valence-corrected chi connectivity index (χ4v) is 4.81. The lowest BCUT2D eigenvalue weighted by molar-refractivity contribution is 0.0199. The Balaban J connectivity index is 1.77. The predicted molar refractivity (Wildman–Crippen MR) is 89.6 cm³/mol. The highest BCUT2D eigenvalue weighted by Crippen LogP contribution is 2.35.